The lowest BCUT2D eigenvalue weighted by Gasteiger charge is -2.17. The van der Waals surface area contributed by atoms with Crippen molar-refractivity contribution < 1.29 is 4.74 Å². The Balaban J connectivity index is 1.54. The fourth-order valence-corrected chi connectivity index (χ4v) is 3.17. The zero-order chi connectivity index (χ0) is 18.9. The normalized spacial score (nSPS) is 11.9. The van der Waals surface area contributed by atoms with E-state index in [1.165, 1.54) is 5.56 Å². The second kappa shape index (κ2) is 10.1. The summed E-state index contributed by atoms with van der Waals surface area (Å²) >= 11 is 6.21. The smallest absolute Gasteiger partial charge is 0.124 e. The Kier molecular flexibility index (Phi) is 7.32. The largest absolute Gasteiger partial charge is 0.489 e. The number of halogens is 1. The number of hydrogen-bond donors (Lipinski definition) is 1. The molecule has 0 fully saturated rings. The van der Waals surface area contributed by atoms with Crippen molar-refractivity contribution in [2.24, 2.45) is 0 Å². The average Bonchev–Trinajstić information content (AvgIpc) is 2.71. The maximum absolute atomic E-state index is 6.21. The minimum atomic E-state index is 0.408. The molecule has 2 nitrogen and oxygen atoms in total. The molecule has 0 aliphatic heterocycles. The Labute approximate surface area is 167 Å². The summed E-state index contributed by atoms with van der Waals surface area (Å²) in [6.07, 6.45) is 2.16. The number of benzene rings is 3. The summed E-state index contributed by atoms with van der Waals surface area (Å²) in [5, 5.41) is 4.33. The van der Waals surface area contributed by atoms with Crippen LogP contribution in [0, 0.1) is 0 Å². The topological polar surface area (TPSA) is 21.3 Å². The maximum Gasteiger partial charge on any atom is 0.124 e. The van der Waals surface area contributed by atoms with Crippen molar-refractivity contribution in [3.63, 3.8) is 0 Å². The van der Waals surface area contributed by atoms with Crippen molar-refractivity contribution >= 4 is 11.6 Å². The lowest BCUT2D eigenvalue weighted by molar-refractivity contribution is 0.301. The van der Waals surface area contributed by atoms with Gasteiger partial charge in [0.05, 0.1) is 0 Å². The molecular weight excluding hydrogens is 354 g/mol. The van der Waals surface area contributed by atoms with E-state index < -0.39 is 0 Å². The van der Waals surface area contributed by atoms with Gasteiger partial charge in [-0.15, -0.1) is 0 Å². The summed E-state index contributed by atoms with van der Waals surface area (Å²) in [4.78, 5) is 0. The third-order valence-electron chi connectivity index (χ3n) is 4.61. The van der Waals surface area contributed by atoms with Gasteiger partial charge in [0.2, 0.25) is 0 Å². The molecule has 3 heteroatoms. The molecule has 0 spiro atoms. The maximum atomic E-state index is 6.21. The molecular formula is C24H26ClNO. The van der Waals surface area contributed by atoms with Gasteiger partial charge in [-0.05, 0) is 49.1 Å². The molecule has 0 aromatic heterocycles. The molecule has 0 amide bonds. The number of rotatable bonds is 9. The van der Waals surface area contributed by atoms with Crippen molar-refractivity contribution in [3.8, 4) is 5.75 Å². The van der Waals surface area contributed by atoms with Gasteiger partial charge in [-0.25, -0.2) is 0 Å². The molecule has 0 bridgehead atoms. The van der Waals surface area contributed by atoms with Crippen molar-refractivity contribution in [2.75, 3.05) is 0 Å². The molecule has 3 aromatic carbocycles. The Morgan fingerprint density at radius 2 is 1.56 bits per heavy atom. The molecule has 140 valence electrons. The number of nitrogens with one attached hydrogen (secondary N) is 1. The lowest BCUT2D eigenvalue weighted by atomic mass is 10.1. The first-order chi connectivity index (χ1) is 13.2. The minimum Gasteiger partial charge on any atom is -0.489 e. The van der Waals surface area contributed by atoms with Gasteiger partial charge in [-0.3, -0.25) is 0 Å². The Morgan fingerprint density at radius 3 is 2.26 bits per heavy atom. The van der Waals surface area contributed by atoms with Gasteiger partial charge in [-0.2, -0.15) is 0 Å². The molecule has 0 aliphatic rings. The van der Waals surface area contributed by atoms with Crippen molar-refractivity contribution in [1.29, 1.82) is 0 Å². The van der Waals surface area contributed by atoms with E-state index in [4.69, 9.17) is 16.3 Å². The van der Waals surface area contributed by atoms with Gasteiger partial charge >= 0.3 is 0 Å². The molecule has 1 atom stereocenters. The van der Waals surface area contributed by atoms with Crippen LogP contribution in [-0.2, 0) is 19.6 Å². The van der Waals surface area contributed by atoms with Crippen LogP contribution in [0.25, 0.3) is 0 Å². The highest BCUT2D eigenvalue weighted by molar-refractivity contribution is 6.30. The molecule has 0 unspecified atom stereocenters. The molecule has 0 heterocycles. The predicted molar refractivity (Wildman–Crippen MR) is 113 cm³/mol. The fraction of sp³-hybridized carbons (Fsp3) is 0.250. The number of ether oxygens (including phenoxy) is 1. The van der Waals surface area contributed by atoms with Crippen LogP contribution in [0.5, 0.6) is 5.75 Å². The highest BCUT2D eigenvalue weighted by Gasteiger charge is 2.08. The number of aryl methyl sites for hydroxylation is 1. The molecule has 0 saturated heterocycles. The second-order valence-corrected chi connectivity index (χ2v) is 7.27. The van der Waals surface area contributed by atoms with Crippen molar-refractivity contribution in [2.45, 2.75) is 39.0 Å². The number of hydrogen-bond acceptors (Lipinski definition) is 2. The van der Waals surface area contributed by atoms with Gasteiger partial charge in [-0.1, -0.05) is 72.3 Å². The lowest BCUT2D eigenvalue weighted by Crippen LogP contribution is -2.26. The third kappa shape index (κ3) is 6.42. The van der Waals surface area contributed by atoms with Gasteiger partial charge in [0.1, 0.15) is 12.4 Å². The Morgan fingerprint density at radius 1 is 0.889 bits per heavy atom. The molecule has 3 aromatic rings. The summed E-state index contributed by atoms with van der Waals surface area (Å²) in [5.41, 5.74) is 3.62. The van der Waals surface area contributed by atoms with Crippen LogP contribution in [-0.4, -0.2) is 6.04 Å². The van der Waals surface area contributed by atoms with Crippen LogP contribution in [0.2, 0.25) is 5.02 Å². The minimum absolute atomic E-state index is 0.408. The van der Waals surface area contributed by atoms with Crippen molar-refractivity contribution in [3.05, 3.63) is 101 Å². The molecule has 3 rings (SSSR count). The van der Waals surface area contributed by atoms with Crippen molar-refractivity contribution in [1.82, 2.24) is 5.32 Å². The molecule has 0 saturated carbocycles. The van der Waals surface area contributed by atoms with Crippen LogP contribution in [0.3, 0.4) is 0 Å². The van der Waals surface area contributed by atoms with E-state index in [0.717, 1.165) is 41.3 Å². The predicted octanol–water partition coefficient (Wildman–Crippen LogP) is 6.03. The van der Waals surface area contributed by atoms with Crippen LogP contribution in [0.4, 0.5) is 0 Å². The highest BCUT2D eigenvalue weighted by atomic mass is 35.5. The van der Waals surface area contributed by atoms with Gasteiger partial charge < -0.3 is 10.1 Å². The van der Waals surface area contributed by atoms with Crippen LogP contribution < -0.4 is 10.1 Å². The standard InChI is InChI=1S/C24H26ClNO/c1-19(12-13-20-8-4-2-5-9-20)26-17-22-16-23(25)14-15-24(22)27-18-21-10-6-3-7-11-21/h2-11,14-16,19,26H,12-13,17-18H2,1H3/t19-/m0/s1. The van der Waals surface area contributed by atoms with Crippen LogP contribution in [0.1, 0.15) is 30.0 Å². The van der Waals surface area contributed by atoms with Crippen LogP contribution in [0.15, 0.2) is 78.9 Å². The first kappa shape index (κ1) is 19.5. The summed E-state index contributed by atoms with van der Waals surface area (Å²) < 4.78 is 6.04. The van der Waals surface area contributed by atoms with E-state index in [1.807, 2.05) is 36.4 Å². The SMILES string of the molecule is C[C@@H](CCc1ccccc1)NCc1cc(Cl)ccc1OCc1ccccc1. The first-order valence-electron chi connectivity index (χ1n) is 9.43. The summed E-state index contributed by atoms with van der Waals surface area (Å²) in [6, 6.07) is 27.0. The van der Waals surface area contributed by atoms with E-state index in [1.54, 1.807) is 0 Å². The van der Waals surface area contributed by atoms with Gasteiger partial charge in [0.15, 0.2) is 0 Å². The van der Waals surface area contributed by atoms with Gasteiger partial charge in [0.25, 0.3) is 0 Å². The molecule has 0 radical (unpaired) electrons. The second-order valence-electron chi connectivity index (χ2n) is 6.83. The van der Waals surface area contributed by atoms with E-state index in [9.17, 15) is 0 Å². The summed E-state index contributed by atoms with van der Waals surface area (Å²) in [6.45, 7) is 3.51. The molecule has 27 heavy (non-hydrogen) atoms. The van der Waals surface area contributed by atoms with E-state index in [-0.39, 0.29) is 0 Å². The monoisotopic (exact) mass is 379 g/mol. The first-order valence-corrected chi connectivity index (χ1v) is 9.81. The van der Waals surface area contributed by atoms with E-state index >= 15 is 0 Å². The Bertz CT molecular complexity index is 820. The summed E-state index contributed by atoms with van der Waals surface area (Å²) in [7, 11) is 0. The van der Waals surface area contributed by atoms with E-state index in [0.29, 0.717) is 12.6 Å². The third-order valence-corrected chi connectivity index (χ3v) is 4.84. The Hall–Kier alpha value is -2.29. The van der Waals surface area contributed by atoms with E-state index in [2.05, 4.69) is 54.7 Å². The van der Waals surface area contributed by atoms with Gasteiger partial charge in [0, 0.05) is 23.2 Å². The summed E-state index contributed by atoms with van der Waals surface area (Å²) in [5.74, 6) is 0.881. The zero-order valence-electron chi connectivity index (χ0n) is 15.7. The quantitative estimate of drug-likeness (QED) is 0.490. The average molecular weight is 380 g/mol. The fourth-order valence-electron chi connectivity index (χ4n) is 2.98. The molecule has 0 aliphatic carbocycles. The zero-order valence-corrected chi connectivity index (χ0v) is 16.5. The molecule has 1 N–H and O–H groups in total. The highest BCUT2D eigenvalue weighted by Crippen LogP contribution is 2.24. The van der Waals surface area contributed by atoms with Crippen LogP contribution >= 0.6 is 11.6 Å².